The van der Waals surface area contributed by atoms with Crippen LogP contribution in [0.5, 0.6) is 5.75 Å². The number of ether oxygens (including phenoxy) is 1. The Bertz CT molecular complexity index is 485. The van der Waals surface area contributed by atoms with Gasteiger partial charge in [0.2, 0.25) is 5.91 Å². The summed E-state index contributed by atoms with van der Waals surface area (Å²) in [6.07, 6.45) is 1.56. The minimum Gasteiger partial charge on any atom is -0.493 e. The number of rotatable bonds is 9. The van der Waals surface area contributed by atoms with E-state index in [4.69, 9.17) is 9.84 Å². The molecule has 0 radical (unpaired) electrons. The van der Waals surface area contributed by atoms with Gasteiger partial charge in [0.25, 0.3) is 0 Å². The summed E-state index contributed by atoms with van der Waals surface area (Å²) >= 11 is 0. The van der Waals surface area contributed by atoms with Crippen molar-refractivity contribution >= 4 is 11.9 Å². The van der Waals surface area contributed by atoms with Crippen molar-refractivity contribution in [1.82, 2.24) is 5.32 Å². The van der Waals surface area contributed by atoms with Gasteiger partial charge < -0.3 is 15.2 Å². The molecule has 0 aromatic heterocycles. The SMILES string of the molecule is Cc1ccc(OCCCC(=O)NCCCC(=O)O)c(C)c1. The molecule has 0 atom stereocenters. The van der Waals surface area contributed by atoms with Crippen LogP contribution in [0.2, 0.25) is 0 Å². The maximum atomic E-state index is 11.5. The van der Waals surface area contributed by atoms with Crippen LogP contribution < -0.4 is 10.1 Å². The van der Waals surface area contributed by atoms with Crippen LogP contribution in [0.25, 0.3) is 0 Å². The van der Waals surface area contributed by atoms with E-state index in [1.165, 1.54) is 5.56 Å². The topological polar surface area (TPSA) is 75.6 Å². The van der Waals surface area contributed by atoms with Crippen LogP contribution >= 0.6 is 0 Å². The van der Waals surface area contributed by atoms with E-state index in [2.05, 4.69) is 11.4 Å². The van der Waals surface area contributed by atoms with Crippen LogP contribution in [0, 0.1) is 13.8 Å². The molecule has 116 valence electrons. The number of aliphatic carboxylic acids is 1. The predicted molar refractivity (Wildman–Crippen MR) is 80.5 cm³/mol. The van der Waals surface area contributed by atoms with E-state index >= 15 is 0 Å². The van der Waals surface area contributed by atoms with Gasteiger partial charge in [0, 0.05) is 19.4 Å². The molecule has 0 fully saturated rings. The fourth-order valence-electron chi connectivity index (χ4n) is 1.93. The van der Waals surface area contributed by atoms with E-state index < -0.39 is 5.97 Å². The lowest BCUT2D eigenvalue weighted by Crippen LogP contribution is -2.25. The molecule has 1 rings (SSSR count). The summed E-state index contributed by atoms with van der Waals surface area (Å²) in [4.78, 5) is 21.8. The third kappa shape index (κ3) is 7.34. The number of carboxylic acid groups (broad SMARTS) is 1. The van der Waals surface area contributed by atoms with Crippen LogP contribution in [-0.4, -0.2) is 30.1 Å². The molecule has 1 aromatic carbocycles. The molecule has 2 N–H and O–H groups in total. The first-order valence-electron chi connectivity index (χ1n) is 7.17. The van der Waals surface area contributed by atoms with Crippen molar-refractivity contribution in [3.8, 4) is 5.75 Å². The van der Waals surface area contributed by atoms with Gasteiger partial charge in [0.1, 0.15) is 5.75 Å². The highest BCUT2D eigenvalue weighted by molar-refractivity contribution is 5.75. The number of hydrogen-bond acceptors (Lipinski definition) is 3. The van der Waals surface area contributed by atoms with Crippen LogP contribution in [0.4, 0.5) is 0 Å². The second-order valence-electron chi connectivity index (χ2n) is 5.07. The highest BCUT2D eigenvalue weighted by atomic mass is 16.5. The van der Waals surface area contributed by atoms with Crippen molar-refractivity contribution < 1.29 is 19.4 Å². The van der Waals surface area contributed by atoms with Crippen molar-refractivity contribution in [2.45, 2.75) is 39.5 Å². The van der Waals surface area contributed by atoms with Crippen molar-refractivity contribution in [2.24, 2.45) is 0 Å². The number of nitrogens with one attached hydrogen (secondary N) is 1. The Morgan fingerprint density at radius 2 is 1.95 bits per heavy atom. The first-order valence-corrected chi connectivity index (χ1v) is 7.17. The van der Waals surface area contributed by atoms with Gasteiger partial charge in [-0.2, -0.15) is 0 Å². The summed E-state index contributed by atoms with van der Waals surface area (Å²) in [5.41, 5.74) is 2.29. The van der Waals surface area contributed by atoms with Crippen LogP contribution in [0.15, 0.2) is 18.2 Å². The molecule has 0 spiro atoms. The zero-order valence-corrected chi connectivity index (χ0v) is 12.6. The molecule has 0 bridgehead atoms. The summed E-state index contributed by atoms with van der Waals surface area (Å²) in [7, 11) is 0. The highest BCUT2D eigenvalue weighted by Gasteiger charge is 2.03. The van der Waals surface area contributed by atoms with Gasteiger partial charge in [0.05, 0.1) is 6.61 Å². The highest BCUT2D eigenvalue weighted by Crippen LogP contribution is 2.18. The van der Waals surface area contributed by atoms with Gasteiger partial charge in [-0.1, -0.05) is 17.7 Å². The third-order valence-corrected chi connectivity index (χ3v) is 3.03. The molecule has 1 amide bonds. The molecular formula is C16H23NO4. The fraction of sp³-hybridized carbons (Fsp3) is 0.500. The van der Waals surface area contributed by atoms with E-state index in [1.807, 2.05) is 26.0 Å². The largest absolute Gasteiger partial charge is 0.493 e. The van der Waals surface area contributed by atoms with Crippen LogP contribution in [0.3, 0.4) is 0 Å². The van der Waals surface area contributed by atoms with Gasteiger partial charge in [-0.05, 0) is 38.3 Å². The predicted octanol–water partition coefficient (Wildman–Crippen LogP) is 2.44. The van der Waals surface area contributed by atoms with Gasteiger partial charge in [-0.3, -0.25) is 9.59 Å². The Morgan fingerprint density at radius 3 is 2.62 bits per heavy atom. The molecule has 0 aliphatic rings. The van der Waals surface area contributed by atoms with Gasteiger partial charge in [-0.25, -0.2) is 0 Å². The molecule has 0 saturated carbocycles. The van der Waals surface area contributed by atoms with Crippen molar-refractivity contribution in [1.29, 1.82) is 0 Å². The summed E-state index contributed by atoms with van der Waals surface area (Å²) in [6.45, 7) is 4.93. The van der Waals surface area contributed by atoms with Crippen molar-refractivity contribution in [3.05, 3.63) is 29.3 Å². The maximum Gasteiger partial charge on any atom is 0.303 e. The minimum atomic E-state index is -0.842. The number of aryl methyl sites for hydroxylation is 2. The fourth-order valence-corrected chi connectivity index (χ4v) is 1.93. The average molecular weight is 293 g/mol. The van der Waals surface area contributed by atoms with Gasteiger partial charge >= 0.3 is 5.97 Å². The Labute approximate surface area is 125 Å². The lowest BCUT2D eigenvalue weighted by molar-refractivity contribution is -0.137. The van der Waals surface area contributed by atoms with Gasteiger partial charge in [-0.15, -0.1) is 0 Å². The molecule has 21 heavy (non-hydrogen) atoms. The summed E-state index contributed by atoms with van der Waals surface area (Å²) in [5.74, 6) is -0.0572. The Hall–Kier alpha value is -2.04. The quantitative estimate of drug-likeness (QED) is 0.686. The second-order valence-corrected chi connectivity index (χ2v) is 5.07. The van der Waals surface area contributed by atoms with E-state index in [0.29, 0.717) is 32.4 Å². The zero-order valence-electron chi connectivity index (χ0n) is 12.6. The number of carboxylic acids is 1. The smallest absolute Gasteiger partial charge is 0.303 e. The number of carbonyl (C=O) groups excluding carboxylic acids is 1. The zero-order chi connectivity index (χ0) is 15.7. The molecule has 5 heteroatoms. The Balaban J connectivity index is 2.13. The summed E-state index contributed by atoms with van der Waals surface area (Å²) in [6, 6.07) is 6.00. The monoisotopic (exact) mass is 293 g/mol. The average Bonchev–Trinajstić information content (AvgIpc) is 2.41. The molecular weight excluding hydrogens is 270 g/mol. The van der Waals surface area contributed by atoms with Crippen LogP contribution in [-0.2, 0) is 9.59 Å². The number of amides is 1. The molecule has 5 nitrogen and oxygen atoms in total. The second kappa shape index (κ2) is 9.00. The van der Waals surface area contributed by atoms with E-state index in [-0.39, 0.29) is 12.3 Å². The van der Waals surface area contributed by atoms with E-state index in [1.54, 1.807) is 0 Å². The molecule has 0 unspecified atom stereocenters. The molecule has 0 aliphatic carbocycles. The summed E-state index contributed by atoms with van der Waals surface area (Å²) < 4.78 is 5.64. The summed E-state index contributed by atoms with van der Waals surface area (Å²) in [5, 5.41) is 11.2. The molecule has 1 aromatic rings. The molecule has 0 aliphatic heterocycles. The van der Waals surface area contributed by atoms with Crippen LogP contribution in [0.1, 0.15) is 36.8 Å². The third-order valence-electron chi connectivity index (χ3n) is 3.03. The number of benzene rings is 1. The normalized spacial score (nSPS) is 10.2. The van der Waals surface area contributed by atoms with E-state index in [9.17, 15) is 9.59 Å². The lowest BCUT2D eigenvalue weighted by Gasteiger charge is -2.09. The minimum absolute atomic E-state index is 0.0652. The molecule has 0 heterocycles. The standard InChI is InChI=1S/C16H23NO4/c1-12-7-8-14(13(2)11-12)21-10-4-5-15(18)17-9-3-6-16(19)20/h7-8,11H,3-6,9-10H2,1-2H3,(H,17,18)(H,19,20). The Morgan fingerprint density at radius 1 is 1.19 bits per heavy atom. The lowest BCUT2D eigenvalue weighted by atomic mass is 10.1. The number of carbonyl (C=O) groups is 2. The van der Waals surface area contributed by atoms with Crippen molar-refractivity contribution in [2.75, 3.05) is 13.2 Å². The first-order chi connectivity index (χ1) is 9.99. The van der Waals surface area contributed by atoms with Gasteiger partial charge in [0.15, 0.2) is 0 Å². The Kier molecular flexibility index (Phi) is 7.29. The van der Waals surface area contributed by atoms with Crippen molar-refractivity contribution in [3.63, 3.8) is 0 Å². The molecule has 0 saturated heterocycles. The van der Waals surface area contributed by atoms with E-state index in [0.717, 1.165) is 11.3 Å². The first kappa shape index (κ1) is 17.0. The maximum absolute atomic E-state index is 11.5. The number of hydrogen-bond donors (Lipinski definition) is 2.